The predicted octanol–water partition coefficient (Wildman–Crippen LogP) is 5.20. The highest BCUT2D eigenvalue weighted by Crippen LogP contribution is 2.28. The summed E-state index contributed by atoms with van der Waals surface area (Å²) in [4.78, 5) is 2.56. The average molecular weight is 374 g/mol. The second-order valence-corrected chi connectivity index (χ2v) is 9.00. The fourth-order valence-corrected chi connectivity index (χ4v) is 4.87. The SMILES string of the molecule is Cc1ccc(OCC(O)CN(CC2CCCCC2)CC2CCCCC2)cc1. The van der Waals surface area contributed by atoms with Crippen molar-refractivity contribution in [1.29, 1.82) is 0 Å². The summed E-state index contributed by atoms with van der Waals surface area (Å²) in [6.45, 7) is 5.54. The Balaban J connectivity index is 1.49. The molecule has 2 aliphatic carbocycles. The van der Waals surface area contributed by atoms with Gasteiger partial charge in [-0.2, -0.15) is 0 Å². The van der Waals surface area contributed by atoms with E-state index in [-0.39, 0.29) is 0 Å². The number of nitrogens with zero attached hydrogens (tertiary/aromatic N) is 1. The number of aliphatic hydroxyl groups is 1. The summed E-state index contributed by atoms with van der Waals surface area (Å²) in [6, 6.07) is 8.09. The molecule has 0 bridgehead atoms. The molecule has 2 saturated carbocycles. The summed E-state index contributed by atoms with van der Waals surface area (Å²) in [6.07, 6.45) is 13.4. The molecule has 0 heterocycles. The predicted molar refractivity (Wildman–Crippen MR) is 112 cm³/mol. The highest BCUT2D eigenvalue weighted by molar-refractivity contribution is 5.26. The molecule has 3 nitrogen and oxygen atoms in total. The summed E-state index contributed by atoms with van der Waals surface area (Å²) >= 11 is 0. The minimum absolute atomic E-state index is 0.384. The van der Waals surface area contributed by atoms with E-state index >= 15 is 0 Å². The molecule has 27 heavy (non-hydrogen) atoms. The lowest BCUT2D eigenvalue weighted by Gasteiger charge is -2.34. The number of ether oxygens (including phenoxy) is 1. The molecule has 2 fully saturated rings. The molecular formula is C24H39NO2. The van der Waals surface area contributed by atoms with Gasteiger partial charge in [0.15, 0.2) is 0 Å². The minimum atomic E-state index is -0.418. The second kappa shape index (κ2) is 11.1. The van der Waals surface area contributed by atoms with Gasteiger partial charge in [-0.25, -0.2) is 0 Å². The van der Waals surface area contributed by atoms with Crippen LogP contribution in [0, 0.1) is 18.8 Å². The highest BCUT2D eigenvalue weighted by atomic mass is 16.5. The van der Waals surface area contributed by atoms with Crippen molar-refractivity contribution >= 4 is 0 Å². The number of benzene rings is 1. The molecule has 1 aromatic rings. The van der Waals surface area contributed by atoms with Crippen LogP contribution in [-0.4, -0.2) is 42.4 Å². The lowest BCUT2D eigenvalue weighted by molar-refractivity contribution is 0.0507. The van der Waals surface area contributed by atoms with Gasteiger partial charge in [-0.3, -0.25) is 0 Å². The smallest absolute Gasteiger partial charge is 0.119 e. The maximum absolute atomic E-state index is 10.6. The molecule has 0 spiro atoms. The first-order valence-electron chi connectivity index (χ1n) is 11.3. The average Bonchev–Trinajstić information content (AvgIpc) is 2.69. The van der Waals surface area contributed by atoms with Crippen LogP contribution in [0.4, 0.5) is 0 Å². The van der Waals surface area contributed by atoms with Crippen LogP contribution >= 0.6 is 0 Å². The van der Waals surface area contributed by atoms with Gasteiger partial charge in [0.25, 0.3) is 0 Å². The van der Waals surface area contributed by atoms with Crippen molar-refractivity contribution in [1.82, 2.24) is 4.90 Å². The molecule has 0 aliphatic heterocycles. The monoisotopic (exact) mass is 373 g/mol. The number of aliphatic hydroxyl groups excluding tert-OH is 1. The topological polar surface area (TPSA) is 32.7 Å². The number of hydrogen-bond acceptors (Lipinski definition) is 3. The molecule has 0 aromatic heterocycles. The Morgan fingerprint density at radius 1 is 0.889 bits per heavy atom. The van der Waals surface area contributed by atoms with Gasteiger partial charge in [0.2, 0.25) is 0 Å². The van der Waals surface area contributed by atoms with Crippen LogP contribution in [0.25, 0.3) is 0 Å². The van der Waals surface area contributed by atoms with E-state index in [1.54, 1.807) is 0 Å². The number of aryl methyl sites for hydroxylation is 1. The van der Waals surface area contributed by atoms with Crippen LogP contribution in [0.15, 0.2) is 24.3 Å². The third kappa shape index (κ3) is 7.46. The van der Waals surface area contributed by atoms with Crippen molar-refractivity contribution in [3.8, 4) is 5.75 Å². The Morgan fingerprint density at radius 3 is 1.93 bits per heavy atom. The summed E-state index contributed by atoms with van der Waals surface area (Å²) in [5, 5.41) is 10.6. The zero-order chi connectivity index (χ0) is 18.9. The molecule has 2 aliphatic rings. The number of rotatable bonds is 9. The largest absolute Gasteiger partial charge is 0.491 e. The van der Waals surface area contributed by atoms with E-state index in [1.807, 2.05) is 12.1 Å². The second-order valence-electron chi connectivity index (χ2n) is 9.00. The molecule has 3 rings (SSSR count). The van der Waals surface area contributed by atoms with Gasteiger partial charge in [0.1, 0.15) is 18.5 Å². The molecule has 152 valence electrons. The Kier molecular flexibility index (Phi) is 8.47. The van der Waals surface area contributed by atoms with E-state index in [9.17, 15) is 5.11 Å². The van der Waals surface area contributed by atoms with Crippen LogP contribution in [0.3, 0.4) is 0 Å². The zero-order valence-corrected chi connectivity index (χ0v) is 17.2. The fraction of sp³-hybridized carbons (Fsp3) is 0.750. The van der Waals surface area contributed by atoms with Gasteiger partial charge < -0.3 is 14.7 Å². The van der Waals surface area contributed by atoms with Crippen LogP contribution in [-0.2, 0) is 0 Å². The van der Waals surface area contributed by atoms with Crippen LogP contribution in [0.1, 0.15) is 69.8 Å². The normalized spacial score (nSPS) is 20.7. The summed E-state index contributed by atoms with van der Waals surface area (Å²) in [7, 11) is 0. The maximum Gasteiger partial charge on any atom is 0.119 e. The molecule has 3 heteroatoms. The maximum atomic E-state index is 10.6. The Morgan fingerprint density at radius 2 is 1.41 bits per heavy atom. The molecule has 0 amide bonds. The van der Waals surface area contributed by atoms with Gasteiger partial charge in [-0.05, 0) is 56.6 Å². The van der Waals surface area contributed by atoms with Crippen LogP contribution < -0.4 is 4.74 Å². The summed E-state index contributed by atoms with van der Waals surface area (Å²) < 4.78 is 5.83. The number of hydrogen-bond donors (Lipinski definition) is 1. The first kappa shape index (κ1) is 20.7. The van der Waals surface area contributed by atoms with Gasteiger partial charge in [-0.1, -0.05) is 56.2 Å². The van der Waals surface area contributed by atoms with E-state index in [0.29, 0.717) is 6.61 Å². The molecule has 0 saturated heterocycles. The standard InChI is InChI=1S/C24H39NO2/c1-20-12-14-24(15-13-20)27-19-23(26)18-25(16-21-8-4-2-5-9-21)17-22-10-6-3-7-11-22/h12-15,21-23,26H,2-11,16-19H2,1H3. The van der Waals surface area contributed by atoms with Crippen molar-refractivity contribution in [3.63, 3.8) is 0 Å². The van der Waals surface area contributed by atoms with Gasteiger partial charge in [0, 0.05) is 19.6 Å². The molecule has 1 unspecified atom stereocenters. The van der Waals surface area contributed by atoms with Crippen molar-refractivity contribution in [2.45, 2.75) is 77.2 Å². The third-order valence-corrected chi connectivity index (χ3v) is 6.41. The lowest BCUT2D eigenvalue weighted by atomic mass is 9.87. The Hall–Kier alpha value is -1.06. The molecular weight excluding hydrogens is 334 g/mol. The molecule has 1 N–H and O–H groups in total. The quantitative estimate of drug-likeness (QED) is 0.646. The van der Waals surface area contributed by atoms with Gasteiger partial charge >= 0.3 is 0 Å². The van der Waals surface area contributed by atoms with E-state index in [4.69, 9.17) is 4.74 Å². The fourth-order valence-electron chi connectivity index (χ4n) is 4.87. The van der Waals surface area contributed by atoms with E-state index in [1.165, 1.54) is 69.8 Å². The van der Waals surface area contributed by atoms with Crippen molar-refractivity contribution in [2.24, 2.45) is 11.8 Å². The van der Waals surface area contributed by atoms with Crippen molar-refractivity contribution in [3.05, 3.63) is 29.8 Å². The Labute approximate surface area is 166 Å². The molecule has 0 radical (unpaired) electrons. The summed E-state index contributed by atoms with van der Waals surface area (Å²) in [5.41, 5.74) is 1.23. The minimum Gasteiger partial charge on any atom is -0.491 e. The first-order valence-corrected chi connectivity index (χ1v) is 11.3. The molecule has 1 atom stereocenters. The van der Waals surface area contributed by atoms with Crippen molar-refractivity contribution in [2.75, 3.05) is 26.2 Å². The van der Waals surface area contributed by atoms with Crippen molar-refractivity contribution < 1.29 is 9.84 Å². The van der Waals surface area contributed by atoms with Gasteiger partial charge in [0.05, 0.1) is 0 Å². The van der Waals surface area contributed by atoms with Crippen LogP contribution in [0.5, 0.6) is 5.75 Å². The van der Waals surface area contributed by atoms with E-state index < -0.39 is 6.10 Å². The molecule has 1 aromatic carbocycles. The highest BCUT2D eigenvalue weighted by Gasteiger charge is 2.23. The lowest BCUT2D eigenvalue weighted by Crippen LogP contribution is -2.41. The first-order chi connectivity index (χ1) is 13.2. The van der Waals surface area contributed by atoms with E-state index in [0.717, 1.165) is 37.2 Å². The third-order valence-electron chi connectivity index (χ3n) is 6.41. The van der Waals surface area contributed by atoms with Gasteiger partial charge in [-0.15, -0.1) is 0 Å². The zero-order valence-electron chi connectivity index (χ0n) is 17.2. The summed E-state index contributed by atoms with van der Waals surface area (Å²) in [5.74, 6) is 2.51. The van der Waals surface area contributed by atoms with E-state index in [2.05, 4.69) is 24.0 Å². The Bertz CT molecular complexity index is 498. The van der Waals surface area contributed by atoms with Crippen LogP contribution in [0.2, 0.25) is 0 Å².